The lowest BCUT2D eigenvalue weighted by Crippen LogP contribution is -2.02. The molecule has 1 aromatic rings. The second kappa shape index (κ2) is 7.79. The zero-order valence-electron chi connectivity index (χ0n) is 11.8. The first kappa shape index (κ1) is 15.5. The van der Waals surface area contributed by atoms with Crippen molar-refractivity contribution < 1.29 is 19.4 Å². The number of benzene rings is 1. The SMILES string of the molecule is COc1cc(COCCCC(C)C)ccc1C(=O)O. The summed E-state index contributed by atoms with van der Waals surface area (Å²) in [6, 6.07) is 5.02. The lowest BCUT2D eigenvalue weighted by molar-refractivity contribution is 0.0693. The molecule has 0 radical (unpaired) electrons. The first-order valence-electron chi connectivity index (χ1n) is 6.52. The molecule has 106 valence electrons. The van der Waals surface area contributed by atoms with Gasteiger partial charge in [0.2, 0.25) is 0 Å². The van der Waals surface area contributed by atoms with Gasteiger partial charge in [-0.2, -0.15) is 0 Å². The number of ether oxygens (including phenoxy) is 2. The topological polar surface area (TPSA) is 55.8 Å². The highest BCUT2D eigenvalue weighted by atomic mass is 16.5. The molecule has 0 unspecified atom stereocenters. The summed E-state index contributed by atoms with van der Waals surface area (Å²) >= 11 is 0. The van der Waals surface area contributed by atoms with E-state index in [9.17, 15) is 4.79 Å². The van der Waals surface area contributed by atoms with Crippen molar-refractivity contribution >= 4 is 5.97 Å². The molecule has 0 bridgehead atoms. The third-order valence-corrected chi connectivity index (χ3v) is 2.84. The van der Waals surface area contributed by atoms with Crippen LogP contribution in [0, 0.1) is 5.92 Å². The number of methoxy groups -OCH3 is 1. The molecule has 0 spiro atoms. The molecule has 4 heteroatoms. The molecule has 0 fully saturated rings. The first-order chi connectivity index (χ1) is 9.04. The Labute approximate surface area is 114 Å². The van der Waals surface area contributed by atoms with Gasteiger partial charge in [0.15, 0.2) is 0 Å². The molecule has 1 N–H and O–H groups in total. The molecule has 4 nitrogen and oxygen atoms in total. The molecule has 0 amide bonds. The molecular weight excluding hydrogens is 244 g/mol. The highest BCUT2D eigenvalue weighted by Crippen LogP contribution is 2.20. The van der Waals surface area contributed by atoms with Crippen molar-refractivity contribution in [3.8, 4) is 5.75 Å². The minimum Gasteiger partial charge on any atom is -0.496 e. The lowest BCUT2D eigenvalue weighted by Gasteiger charge is -2.09. The Kier molecular flexibility index (Phi) is 6.36. The van der Waals surface area contributed by atoms with Gasteiger partial charge in [-0.25, -0.2) is 4.79 Å². The van der Waals surface area contributed by atoms with Gasteiger partial charge >= 0.3 is 5.97 Å². The Morgan fingerprint density at radius 1 is 1.37 bits per heavy atom. The maximum atomic E-state index is 10.9. The van der Waals surface area contributed by atoms with Crippen LogP contribution in [-0.4, -0.2) is 24.8 Å². The van der Waals surface area contributed by atoms with Gasteiger partial charge in [-0.05, 0) is 36.5 Å². The molecular formula is C15H22O4. The molecule has 1 rings (SSSR count). The minimum atomic E-state index is -0.985. The van der Waals surface area contributed by atoms with Crippen LogP contribution in [-0.2, 0) is 11.3 Å². The average Bonchev–Trinajstić information content (AvgIpc) is 2.37. The maximum absolute atomic E-state index is 10.9. The van der Waals surface area contributed by atoms with Crippen LogP contribution in [0.25, 0.3) is 0 Å². The van der Waals surface area contributed by atoms with Gasteiger partial charge in [-0.3, -0.25) is 0 Å². The fourth-order valence-electron chi connectivity index (χ4n) is 1.79. The van der Waals surface area contributed by atoms with Gasteiger partial charge in [0.05, 0.1) is 13.7 Å². The van der Waals surface area contributed by atoms with Crippen molar-refractivity contribution in [3.63, 3.8) is 0 Å². The number of carbonyl (C=O) groups is 1. The Hall–Kier alpha value is -1.55. The van der Waals surface area contributed by atoms with Gasteiger partial charge < -0.3 is 14.6 Å². The zero-order valence-corrected chi connectivity index (χ0v) is 11.8. The smallest absolute Gasteiger partial charge is 0.339 e. The number of rotatable bonds is 8. The van der Waals surface area contributed by atoms with Crippen LogP contribution >= 0.6 is 0 Å². The molecule has 0 aliphatic carbocycles. The van der Waals surface area contributed by atoms with Gasteiger partial charge in [-0.1, -0.05) is 19.9 Å². The summed E-state index contributed by atoms with van der Waals surface area (Å²) in [5.74, 6) is 0.0792. The summed E-state index contributed by atoms with van der Waals surface area (Å²) in [6.45, 7) is 5.58. The van der Waals surface area contributed by atoms with Crippen LogP contribution in [0.1, 0.15) is 42.6 Å². The van der Waals surface area contributed by atoms with E-state index in [1.54, 1.807) is 18.2 Å². The van der Waals surface area contributed by atoms with E-state index >= 15 is 0 Å². The van der Waals surface area contributed by atoms with Crippen LogP contribution in [0.2, 0.25) is 0 Å². The summed E-state index contributed by atoms with van der Waals surface area (Å²) in [5, 5.41) is 8.97. The van der Waals surface area contributed by atoms with Gasteiger partial charge in [0.1, 0.15) is 11.3 Å². The third-order valence-electron chi connectivity index (χ3n) is 2.84. The predicted octanol–water partition coefficient (Wildman–Crippen LogP) is 3.35. The summed E-state index contributed by atoms with van der Waals surface area (Å²) in [4.78, 5) is 10.9. The molecule has 0 aromatic heterocycles. The Bertz CT molecular complexity index is 413. The predicted molar refractivity (Wildman–Crippen MR) is 73.7 cm³/mol. The van der Waals surface area contributed by atoms with Crippen LogP contribution in [0.5, 0.6) is 5.75 Å². The highest BCUT2D eigenvalue weighted by molar-refractivity contribution is 5.90. The second-order valence-corrected chi connectivity index (χ2v) is 4.93. The fraction of sp³-hybridized carbons (Fsp3) is 0.533. The number of hydrogen-bond donors (Lipinski definition) is 1. The lowest BCUT2D eigenvalue weighted by atomic mass is 10.1. The highest BCUT2D eigenvalue weighted by Gasteiger charge is 2.11. The average molecular weight is 266 g/mol. The molecule has 1 aromatic carbocycles. The summed E-state index contributed by atoms with van der Waals surface area (Å²) in [5.41, 5.74) is 1.09. The van der Waals surface area contributed by atoms with Crippen molar-refractivity contribution in [3.05, 3.63) is 29.3 Å². The molecule has 0 heterocycles. The van der Waals surface area contributed by atoms with E-state index in [1.165, 1.54) is 7.11 Å². The van der Waals surface area contributed by atoms with E-state index in [-0.39, 0.29) is 5.56 Å². The fourth-order valence-corrected chi connectivity index (χ4v) is 1.79. The van der Waals surface area contributed by atoms with Crippen LogP contribution < -0.4 is 4.74 Å². The van der Waals surface area contributed by atoms with E-state index in [0.717, 1.165) is 25.0 Å². The van der Waals surface area contributed by atoms with E-state index in [4.69, 9.17) is 14.6 Å². The third kappa shape index (κ3) is 5.30. The minimum absolute atomic E-state index is 0.172. The molecule has 0 aliphatic rings. The van der Waals surface area contributed by atoms with Crippen LogP contribution in [0.15, 0.2) is 18.2 Å². The Morgan fingerprint density at radius 2 is 2.11 bits per heavy atom. The van der Waals surface area contributed by atoms with Crippen molar-refractivity contribution in [1.82, 2.24) is 0 Å². The van der Waals surface area contributed by atoms with E-state index < -0.39 is 5.97 Å². The second-order valence-electron chi connectivity index (χ2n) is 4.93. The molecule has 19 heavy (non-hydrogen) atoms. The monoisotopic (exact) mass is 266 g/mol. The van der Waals surface area contributed by atoms with Gasteiger partial charge in [-0.15, -0.1) is 0 Å². The first-order valence-corrected chi connectivity index (χ1v) is 6.52. The standard InChI is InChI=1S/C15H22O4/c1-11(2)5-4-8-19-10-12-6-7-13(15(16)17)14(9-12)18-3/h6-7,9,11H,4-5,8,10H2,1-3H3,(H,16,17). The van der Waals surface area contributed by atoms with Crippen molar-refractivity contribution in [2.45, 2.75) is 33.3 Å². The number of carboxylic acids is 1. The van der Waals surface area contributed by atoms with Gasteiger partial charge in [0, 0.05) is 6.61 Å². The van der Waals surface area contributed by atoms with Crippen molar-refractivity contribution in [2.24, 2.45) is 5.92 Å². The van der Waals surface area contributed by atoms with Crippen LogP contribution in [0.3, 0.4) is 0 Å². The van der Waals surface area contributed by atoms with E-state index in [2.05, 4.69) is 13.8 Å². The normalized spacial score (nSPS) is 10.7. The van der Waals surface area contributed by atoms with E-state index in [1.807, 2.05) is 0 Å². The summed E-state index contributed by atoms with van der Waals surface area (Å²) in [7, 11) is 1.47. The maximum Gasteiger partial charge on any atom is 0.339 e. The Morgan fingerprint density at radius 3 is 2.68 bits per heavy atom. The quantitative estimate of drug-likeness (QED) is 0.733. The number of hydrogen-bond acceptors (Lipinski definition) is 3. The molecule has 0 aliphatic heterocycles. The van der Waals surface area contributed by atoms with Crippen LogP contribution in [0.4, 0.5) is 0 Å². The molecule has 0 atom stereocenters. The van der Waals surface area contributed by atoms with E-state index in [0.29, 0.717) is 18.3 Å². The summed E-state index contributed by atoms with van der Waals surface area (Å²) in [6.07, 6.45) is 2.20. The molecule has 0 saturated heterocycles. The zero-order chi connectivity index (χ0) is 14.3. The number of carboxylic acid groups (broad SMARTS) is 1. The number of aromatic carboxylic acids is 1. The van der Waals surface area contributed by atoms with Crippen molar-refractivity contribution in [1.29, 1.82) is 0 Å². The Balaban J connectivity index is 2.49. The largest absolute Gasteiger partial charge is 0.496 e. The summed E-state index contributed by atoms with van der Waals surface area (Å²) < 4.78 is 10.6. The molecule has 0 saturated carbocycles. The van der Waals surface area contributed by atoms with Gasteiger partial charge in [0.25, 0.3) is 0 Å². The van der Waals surface area contributed by atoms with Crippen molar-refractivity contribution in [2.75, 3.05) is 13.7 Å².